The standard InChI is InChI=1S/C5HClF2IN/c6-3-1-2(7)4(9)5(8)10-3/h1H. The first kappa shape index (κ1) is 8.13. The van der Waals surface area contributed by atoms with Gasteiger partial charge >= 0.3 is 0 Å². The molecule has 0 atom stereocenters. The highest BCUT2D eigenvalue weighted by Crippen LogP contribution is 2.16. The number of nitrogens with zero attached hydrogens (tertiary/aromatic N) is 1. The van der Waals surface area contributed by atoms with E-state index in [9.17, 15) is 8.78 Å². The number of halogens is 4. The number of pyridine rings is 1. The van der Waals surface area contributed by atoms with Crippen molar-refractivity contribution in [1.82, 2.24) is 4.98 Å². The van der Waals surface area contributed by atoms with Gasteiger partial charge in [0.05, 0.1) is 0 Å². The zero-order chi connectivity index (χ0) is 7.72. The van der Waals surface area contributed by atoms with E-state index in [1.165, 1.54) is 22.6 Å². The van der Waals surface area contributed by atoms with Crippen molar-refractivity contribution in [3.63, 3.8) is 0 Å². The predicted molar refractivity (Wildman–Crippen MR) is 41.9 cm³/mol. The van der Waals surface area contributed by atoms with Crippen LogP contribution in [0.4, 0.5) is 8.78 Å². The van der Waals surface area contributed by atoms with Crippen molar-refractivity contribution in [2.24, 2.45) is 0 Å². The first-order valence-electron chi connectivity index (χ1n) is 2.28. The van der Waals surface area contributed by atoms with Crippen LogP contribution in [0.3, 0.4) is 0 Å². The fourth-order valence-electron chi connectivity index (χ4n) is 0.442. The van der Waals surface area contributed by atoms with Crippen molar-refractivity contribution in [3.8, 4) is 0 Å². The molecule has 5 heteroatoms. The van der Waals surface area contributed by atoms with E-state index >= 15 is 0 Å². The molecule has 0 unspecified atom stereocenters. The summed E-state index contributed by atoms with van der Waals surface area (Å²) in [6, 6.07) is 0.965. The first-order chi connectivity index (χ1) is 4.61. The minimum atomic E-state index is -0.870. The first-order valence-corrected chi connectivity index (χ1v) is 3.74. The molecule has 0 aromatic carbocycles. The topological polar surface area (TPSA) is 12.9 Å². The Balaban J connectivity index is 3.31. The molecule has 1 rings (SSSR count). The minimum absolute atomic E-state index is 0.137. The second kappa shape index (κ2) is 2.96. The fraction of sp³-hybridized carbons (Fsp3) is 0. The van der Waals surface area contributed by atoms with Gasteiger partial charge in [-0.3, -0.25) is 0 Å². The zero-order valence-electron chi connectivity index (χ0n) is 4.54. The van der Waals surface area contributed by atoms with E-state index in [-0.39, 0.29) is 8.72 Å². The summed E-state index contributed by atoms with van der Waals surface area (Å²) < 4.78 is 24.7. The lowest BCUT2D eigenvalue weighted by atomic mass is 10.5. The van der Waals surface area contributed by atoms with Gasteiger partial charge in [0.2, 0.25) is 5.95 Å². The zero-order valence-corrected chi connectivity index (χ0v) is 7.45. The highest BCUT2D eigenvalue weighted by Gasteiger charge is 2.07. The average molecular weight is 275 g/mol. The van der Waals surface area contributed by atoms with Crippen LogP contribution in [-0.4, -0.2) is 4.98 Å². The van der Waals surface area contributed by atoms with Gasteiger partial charge in [-0.2, -0.15) is 4.39 Å². The van der Waals surface area contributed by atoms with Crippen molar-refractivity contribution in [1.29, 1.82) is 0 Å². The van der Waals surface area contributed by atoms with Gasteiger partial charge in [-0.25, -0.2) is 9.37 Å². The molecule has 0 fully saturated rings. The molecule has 1 aromatic heterocycles. The largest absolute Gasteiger partial charge is 0.230 e. The third kappa shape index (κ3) is 1.54. The third-order valence-corrected chi connectivity index (χ3v) is 2.00. The van der Waals surface area contributed by atoms with E-state index in [0.29, 0.717) is 0 Å². The molecule has 0 bridgehead atoms. The summed E-state index contributed by atoms with van der Waals surface area (Å²) in [5, 5.41) is -0.171. The van der Waals surface area contributed by atoms with Gasteiger partial charge in [0.1, 0.15) is 14.5 Å². The van der Waals surface area contributed by atoms with Crippen LogP contribution in [0.1, 0.15) is 0 Å². The minimum Gasteiger partial charge on any atom is -0.207 e. The molecular weight excluding hydrogens is 274 g/mol. The Morgan fingerprint density at radius 3 is 2.60 bits per heavy atom. The number of rotatable bonds is 0. The molecule has 1 nitrogen and oxygen atoms in total. The van der Waals surface area contributed by atoms with Crippen molar-refractivity contribution < 1.29 is 8.78 Å². The SMILES string of the molecule is Fc1cc(Cl)nc(F)c1I. The normalized spacial score (nSPS) is 10.0. The Hall–Kier alpha value is 0.0300. The second-order valence-corrected chi connectivity index (χ2v) is 3.00. The van der Waals surface area contributed by atoms with Gasteiger partial charge in [-0.05, 0) is 22.6 Å². The Labute approximate surface area is 74.5 Å². The maximum Gasteiger partial charge on any atom is 0.230 e. The molecule has 1 aromatic rings. The van der Waals surface area contributed by atoms with E-state index in [2.05, 4.69) is 4.98 Å². The molecule has 0 spiro atoms. The molecular formula is C5HClF2IN. The van der Waals surface area contributed by atoms with Crippen LogP contribution in [0.25, 0.3) is 0 Å². The number of aromatic nitrogens is 1. The summed E-state index contributed by atoms with van der Waals surface area (Å²) in [6.45, 7) is 0. The van der Waals surface area contributed by atoms with E-state index in [0.717, 1.165) is 6.07 Å². The summed E-state index contributed by atoms with van der Waals surface area (Å²) in [5.74, 6) is -1.55. The molecule has 10 heavy (non-hydrogen) atoms. The van der Waals surface area contributed by atoms with Crippen LogP contribution in [0.5, 0.6) is 0 Å². The molecule has 54 valence electrons. The molecule has 0 amide bonds. The van der Waals surface area contributed by atoms with Gasteiger partial charge in [0.25, 0.3) is 0 Å². The Morgan fingerprint density at radius 1 is 1.50 bits per heavy atom. The van der Waals surface area contributed by atoms with Crippen LogP contribution < -0.4 is 0 Å². The van der Waals surface area contributed by atoms with Gasteiger partial charge in [0, 0.05) is 6.07 Å². The maximum atomic E-state index is 12.5. The Bertz CT molecular complexity index is 243. The summed E-state index contributed by atoms with van der Waals surface area (Å²) >= 11 is 6.74. The fourth-order valence-corrected chi connectivity index (χ4v) is 0.888. The molecule has 0 saturated heterocycles. The highest BCUT2D eigenvalue weighted by atomic mass is 127. The van der Waals surface area contributed by atoms with Crippen LogP contribution in [0.15, 0.2) is 6.07 Å². The summed E-state index contributed by atoms with van der Waals surface area (Å²) in [4.78, 5) is 3.19. The van der Waals surface area contributed by atoms with E-state index in [1.807, 2.05) is 0 Å². The quantitative estimate of drug-likeness (QED) is 0.524. The van der Waals surface area contributed by atoms with Gasteiger partial charge in [-0.15, -0.1) is 0 Å². The molecule has 0 radical (unpaired) electrons. The Morgan fingerprint density at radius 2 is 2.10 bits per heavy atom. The Kier molecular flexibility index (Phi) is 2.40. The molecule has 0 aliphatic heterocycles. The van der Waals surface area contributed by atoms with Crippen LogP contribution in [-0.2, 0) is 0 Å². The lowest BCUT2D eigenvalue weighted by Gasteiger charge is -1.94. The smallest absolute Gasteiger partial charge is 0.207 e. The lowest BCUT2D eigenvalue weighted by molar-refractivity contribution is 0.539. The van der Waals surface area contributed by atoms with Gasteiger partial charge in [0.15, 0.2) is 0 Å². The molecule has 0 aliphatic rings. The number of hydrogen-bond donors (Lipinski definition) is 0. The van der Waals surface area contributed by atoms with Gasteiger partial charge < -0.3 is 0 Å². The van der Waals surface area contributed by atoms with Crippen molar-refractivity contribution >= 4 is 34.2 Å². The van der Waals surface area contributed by atoms with E-state index < -0.39 is 11.8 Å². The average Bonchev–Trinajstić information content (AvgIpc) is 1.82. The van der Waals surface area contributed by atoms with Gasteiger partial charge in [-0.1, -0.05) is 11.6 Å². The maximum absolute atomic E-state index is 12.5. The van der Waals surface area contributed by atoms with E-state index in [1.54, 1.807) is 0 Å². The van der Waals surface area contributed by atoms with Crippen LogP contribution >= 0.6 is 34.2 Å². The molecule has 0 N–H and O–H groups in total. The van der Waals surface area contributed by atoms with Crippen LogP contribution in [0.2, 0.25) is 5.15 Å². The lowest BCUT2D eigenvalue weighted by Crippen LogP contribution is -1.92. The number of hydrogen-bond acceptors (Lipinski definition) is 1. The second-order valence-electron chi connectivity index (χ2n) is 1.53. The molecule has 1 heterocycles. The monoisotopic (exact) mass is 275 g/mol. The summed E-state index contributed by atoms with van der Waals surface area (Å²) in [5.41, 5.74) is 0. The highest BCUT2D eigenvalue weighted by molar-refractivity contribution is 14.1. The predicted octanol–water partition coefficient (Wildman–Crippen LogP) is 2.62. The summed E-state index contributed by atoms with van der Waals surface area (Å²) in [6.07, 6.45) is 0. The van der Waals surface area contributed by atoms with Crippen molar-refractivity contribution in [2.75, 3.05) is 0 Å². The third-order valence-electron chi connectivity index (χ3n) is 0.842. The van der Waals surface area contributed by atoms with Crippen molar-refractivity contribution in [3.05, 3.63) is 26.6 Å². The molecule has 0 saturated carbocycles. The van der Waals surface area contributed by atoms with Crippen LogP contribution in [0, 0.1) is 15.3 Å². The molecule has 0 aliphatic carbocycles. The van der Waals surface area contributed by atoms with Crippen molar-refractivity contribution in [2.45, 2.75) is 0 Å². The van der Waals surface area contributed by atoms with E-state index in [4.69, 9.17) is 11.6 Å². The summed E-state index contributed by atoms with van der Waals surface area (Å²) in [7, 11) is 0.